The van der Waals surface area contributed by atoms with Gasteiger partial charge in [-0.3, -0.25) is 4.79 Å². The lowest BCUT2D eigenvalue weighted by Gasteiger charge is -2.09. The van der Waals surface area contributed by atoms with Crippen molar-refractivity contribution in [1.29, 1.82) is 0 Å². The largest absolute Gasteiger partial charge is 0.410 e. The van der Waals surface area contributed by atoms with Gasteiger partial charge >= 0.3 is 0 Å². The molecule has 1 amide bonds. The molecule has 0 fully saturated rings. The van der Waals surface area contributed by atoms with E-state index in [0.29, 0.717) is 17.0 Å². The van der Waals surface area contributed by atoms with E-state index in [1.54, 1.807) is 0 Å². The van der Waals surface area contributed by atoms with E-state index in [1.165, 1.54) is 11.8 Å². The molecule has 6 nitrogen and oxygen atoms in total. The van der Waals surface area contributed by atoms with Crippen LogP contribution >= 0.6 is 11.8 Å². The number of benzene rings is 1. The zero-order valence-electron chi connectivity index (χ0n) is 14.6. The average Bonchev–Trinajstić information content (AvgIpc) is 2.98. The second kappa shape index (κ2) is 8.30. The maximum Gasteiger partial charge on any atom is 0.277 e. The van der Waals surface area contributed by atoms with Crippen LogP contribution in [0.4, 0.5) is 5.69 Å². The Morgan fingerprint density at radius 2 is 2.08 bits per heavy atom. The van der Waals surface area contributed by atoms with Crippen LogP contribution in [0.2, 0.25) is 0 Å². The molecular formula is C17H25N4O2S+. The van der Waals surface area contributed by atoms with Crippen molar-refractivity contribution in [2.24, 2.45) is 5.92 Å². The SMILES string of the molecule is Cc1cccc(NC(=O)CSc2nnc([C@@H]([NH3+])CC(C)C)o2)c1C. The molecule has 24 heavy (non-hydrogen) atoms. The van der Waals surface area contributed by atoms with E-state index >= 15 is 0 Å². The molecule has 4 N–H and O–H groups in total. The Morgan fingerprint density at radius 3 is 2.79 bits per heavy atom. The fourth-order valence-electron chi connectivity index (χ4n) is 2.31. The highest BCUT2D eigenvalue weighted by atomic mass is 32.2. The van der Waals surface area contributed by atoms with Gasteiger partial charge in [-0.2, -0.15) is 0 Å². The van der Waals surface area contributed by atoms with Crippen LogP contribution in [0.15, 0.2) is 27.8 Å². The minimum atomic E-state index is -0.0956. The zero-order valence-corrected chi connectivity index (χ0v) is 15.4. The number of carbonyl (C=O) groups is 1. The van der Waals surface area contributed by atoms with Gasteiger partial charge in [-0.25, -0.2) is 0 Å². The van der Waals surface area contributed by atoms with E-state index in [9.17, 15) is 4.79 Å². The van der Waals surface area contributed by atoms with Crippen LogP contribution in [0.1, 0.15) is 43.3 Å². The molecule has 0 spiro atoms. The van der Waals surface area contributed by atoms with Gasteiger partial charge in [-0.05, 0) is 37.0 Å². The fraction of sp³-hybridized carbons (Fsp3) is 0.471. The Morgan fingerprint density at radius 1 is 1.33 bits per heavy atom. The highest BCUT2D eigenvalue weighted by molar-refractivity contribution is 7.99. The van der Waals surface area contributed by atoms with Gasteiger partial charge in [0.25, 0.3) is 11.1 Å². The van der Waals surface area contributed by atoms with Crippen LogP contribution < -0.4 is 11.1 Å². The molecule has 0 bridgehead atoms. The lowest BCUT2D eigenvalue weighted by atomic mass is 10.1. The molecule has 1 atom stereocenters. The Hall–Kier alpha value is -1.86. The summed E-state index contributed by atoms with van der Waals surface area (Å²) in [5, 5.41) is 11.3. The number of hydrogen-bond donors (Lipinski definition) is 2. The lowest BCUT2D eigenvalue weighted by Crippen LogP contribution is -2.54. The van der Waals surface area contributed by atoms with Crippen molar-refractivity contribution in [2.75, 3.05) is 11.1 Å². The number of nitrogens with one attached hydrogen (secondary N) is 1. The number of aromatic nitrogens is 2. The third-order valence-corrected chi connectivity index (χ3v) is 4.55. The van der Waals surface area contributed by atoms with Crippen molar-refractivity contribution in [2.45, 2.75) is 45.4 Å². The maximum absolute atomic E-state index is 12.1. The van der Waals surface area contributed by atoms with Gasteiger partial charge < -0.3 is 15.5 Å². The number of rotatable bonds is 7. The van der Waals surface area contributed by atoms with Crippen molar-refractivity contribution < 1.29 is 14.9 Å². The van der Waals surface area contributed by atoms with Gasteiger partial charge in [0.05, 0.1) is 5.75 Å². The number of anilines is 1. The van der Waals surface area contributed by atoms with E-state index in [4.69, 9.17) is 4.42 Å². The number of amides is 1. The summed E-state index contributed by atoms with van der Waals surface area (Å²) in [6.45, 7) is 8.27. The normalized spacial score (nSPS) is 12.4. The quantitative estimate of drug-likeness (QED) is 0.749. The third kappa shape index (κ3) is 5.07. The summed E-state index contributed by atoms with van der Waals surface area (Å²) < 4.78 is 5.59. The number of aryl methyl sites for hydroxylation is 1. The van der Waals surface area contributed by atoms with E-state index in [0.717, 1.165) is 23.2 Å². The third-order valence-electron chi connectivity index (χ3n) is 3.73. The Kier molecular flexibility index (Phi) is 6.39. The summed E-state index contributed by atoms with van der Waals surface area (Å²) in [5.41, 5.74) is 7.10. The first kappa shape index (κ1) is 18.5. The van der Waals surface area contributed by atoms with Gasteiger partial charge in [-0.1, -0.05) is 37.7 Å². The summed E-state index contributed by atoms with van der Waals surface area (Å²) >= 11 is 1.23. The first-order valence-corrected chi connectivity index (χ1v) is 9.00. The summed E-state index contributed by atoms with van der Waals surface area (Å²) in [6.07, 6.45) is 0.888. The van der Waals surface area contributed by atoms with Crippen LogP contribution in [0.3, 0.4) is 0 Å². The van der Waals surface area contributed by atoms with Crippen molar-refractivity contribution in [3.05, 3.63) is 35.2 Å². The minimum Gasteiger partial charge on any atom is -0.410 e. The summed E-state index contributed by atoms with van der Waals surface area (Å²) in [5.74, 6) is 1.17. The summed E-state index contributed by atoms with van der Waals surface area (Å²) in [4.78, 5) is 12.1. The maximum atomic E-state index is 12.1. The molecule has 2 aromatic rings. The predicted molar refractivity (Wildman–Crippen MR) is 94.7 cm³/mol. The van der Waals surface area contributed by atoms with E-state index < -0.39 is 0 Å². The monoisotopic (exact) mass is 349 g/mol. The zero-order chi connectivity index (χ0) is 17.7. The summed E-state index contributed by atoms with van der Waals surface area (Å²) in [6, 6.07) is 5.83. The molecule has 0 radical (unpaired) electrons. The number of carbonyl (C=O) groups excluding carboxylic acids is 1. The van der Waals surface area contributed by atoms with E-state index in [2.05, 4.69) is 35.1 Å². The smallest absolute Gasteiger partial charge is 0.277 e. The molecule has 7 heteroatoms. The van der Waals surface area contributed by atoms with Crippen molar-refractivity contribution >= 4 is 23.4 Å². The Bertz CT molecular complexity index is 700. The number of nitrogens with zero attached hydrogens (tertiary/aromatic N) is 2. The van der Waals surface area contributed by atoms with Gasteiger partial charge in [-0.15, -0.1) is 10.2 Å². The fourth-order valence-corrected chi connectivity index (χ4v) is 2.88. The van der Waals surface area contributed by atoms with E-state index in [-0.39, 0.29) is 17.7 Å². The predicted octanol–water partition coefficient (Wildman–Crippen LogP) is 2.75. The Balaban J connectivity index is 1.88. The first-order chi connectivity index (χ1) is 11.4. The van der Waals surface area contributed by atoms with Gasteiger partial charge in [0.1, 0.15) is 0 Å². The summed E-state index contributed by atoms with van der Waals surface area (Å²) in [7, 11) is 0. The molecule has 2 rings (SSSR count). The van der Waals surface area contributed by atoms with Crippen LogP contribution in [-0.4, -0.2) is 21.9 Å². The number of thioether (sulfide) groups is 1. The van der Waals surface area contributed by atoms with Crippen LogP contribution in [0.5, 0.6) is 0 Å². The molecule has 1 aromatic heterocycles. The van der Waals surface area contributed by atoms with E-state index in [1.807, 2.05) is 32.0 Å². The molecule has 1 heterocycles. The highest BCUT2D eigenvalue weighted by Gasteiger charge is 2.19. The van der Waals surface area contributed by atoms with Crippen LogP contribution in [0, 0.1) is 19.8 Å². The molecule has 0 aliphatic rings. The highest BCUT2D eigenvalue weighted by Crippen LogP contribution is 2.22. The van der Waals surface area contributed by atoms with Crippen molar-refractivity contribution in [3.63, 3.8) is 0 Å². The molecule has 0 aliphatic heterocycles. The molecule has 0 aliphatic carbocycles. The second-order valence-electron chi connectivity index (χ2n) is 6.32. The Labute approximate surface area is 146 Å². The minimum absolute atomic E-state index is 0.0179. The van der Waals surface area contributed by atoms with Gasteiger partial charge in [0.2, 0.25) is 5.91 Å². The van der Waals surface area contributed by atoms with Crippen molar-refractivity contribution in [3.8, 4) is 0 Å². The molecular weight excluding hydrogens is 324 g/mol. The molecule has 0 unspecified atom stereocenters. The standard InChI is InChI=1S/C17H24N4O2S/c1-10(2)8-13(18)16-20-21-17(23-16)24-9-15(22)19-14-7-5-6-11(3)12(14)4/h5-7,10,13H,8-9,18H2,1-4H3,(H,19,22)/p+1/t13-/m0/s1. The lowest BCUT2D eigenvalue weighted by molar-refractivity contribution is -0.435. The van der Waals surface area contributed by atoms with Crippen LogP contribution in [0.25, 0.3) is 0 Å². The number of hydrogen-bond acceptors (Lipinski definition) is 5. The molecule has 130 valence electrons. The first-order valence-electron chi connectivity index (χ1n) is 8.02. The average molecular weight is 349 g/mol. The molecule has 1 aromatic carbocycles. The van der Waals surface area contributed by atoms with Gasteiger partial charge in [0.15, 0.2) is 6.04 Å². The van der Waals surface area contributed by atoms with Gasteiger partial charge in [0, 0.05) is 12.1 Å². The van der Waals surface area contributed by atoms with Crippen molar-refractivity contribution in [1.82, 2.24) is 10.2 Å². The van der Waals surface area contributed by atoms with Crippen LogP contribution in [-0.2, 0) is 4.79 Å². The molecule has 0 saturated carbocycles. The number of quaternary nitrogens is 1. The second-order valence-corrected chi connectivity index (χ2v) is 7.24. The topological polar surface area (TPSA) is 95.7 Å². The molecule has 0 saturated heterocycles.